The molecule has 1 rings (SSSR count). The molecular weight excluding hydrogens is 265 g/mol. The van der Waals surface area contributed by atoms with Crippen molar-refractivity contribution in [3.05, 3.63) is 30.1 Å². The summed E-state index contributed by atoms with van der Waals surface area (Å²) in [6, 6.07) is 4.62. The first-order valence-electron chi connectivity index (χ1n) is 6.07. The van der Waals surface area contributed by atoms with Gasteiger partial charge in [0, 0.05) is 7.05 Å². The smallest absolute Gasteiger partial charge is 0.239 e. The highest BCUT2D eigenvalue weighted by molar-refractivity contribution is 5.87. The molecule has 0 saturated heterocycles. The third-order valence-electron chi connectivity index (χ3n) is 2.62. The number of ether oxygens (including phenoxy) is 1. The lowest BCUT2D eigenvalue weighted by atomic mass is 10.2. The second-order valence-corrected chi connectivity index (χ2v) is 4.34. The van der Waals surface area contributed by atoms with Crippen LogP contribution in [0.4, 0.5) is 4.39 Å². The number of halogens is 1. The molecule has 0 aromatic heterocycles. The van der Waals surface area contributed by atoms with Gasteiger partial charge >= 0.3 is 0 Å². The van der Waals surface area contributed by atoms with Crippen molar-refractivity contribution in [1.82, 2.24) is 4.90 Å². The second kappa shape index (κ2) is 7.44. The molecule has 0 aliphatic heterocycles. The number of carbonyl (C=O) groups is 2. The zero-order valence-electron chi connectivity index (χ0n) is 11.2. The van der Waals surface area contributed by atoms with E-state index >= 15 is 0 Å². The predicted octanol–water partition coefficient (Wildman–Crippen LogP) is -0.134. The SMILES string of the molecule is CN(CCOc1ccc(F)cc1)C(=O)C(N)CC(N)=O. The number of benzene rings is 1. The Morgan fingerprint density at radius 2 is 1.95 bits per heavy atom. The normalized spacial score (nSPS) is 11.8. The number of hydrogen-bond acceptors (Lipinski definition) is 4. The lowest BCUT2D eigenvalue weighted by molar-refractivity contribution is -0.133. The van der Waals surface area contributed by atoms with Crippen LogP contribution in [0.2, 0.25) is 0 Å². The molecule has 0 saturated carbocycles. The summed E-state index contributed by atoms with van der Waals surface area (Å²) < 4.78 is 18.0. The number of carbonyl (C=O) groups excluding carboxylic acids is 2. The van der Waals surface area contributed by atoms with Crippen molar-refractivity contribution >= 4 is 11.8 Å². The van der Waals surface area contributed by atoms with Crippen LogP contribution in [0.25, 0.3) is 0 Å². The predicted molar refractivity (Wildman–Crippen MR) is 71.3 cm³/mol. The van der Waals surface area contributed by atoms with Crippen LogP contribution >= 0.6 is 0 Å². The van der Waals surface area contributed by atoms with Crippen LogP contribution < -0.4 is 16.2 Å². The molecule has 0 aliphatic carbocycles. The lowest BCUT2D eigenvalue weighted by Crippen LogP contribution is -2.45. The Kier molecular flexibility index (Phi) is 5.92. The molecule has 110 valence electrons. The first-order valence-corrected chi connectivity index (χ1v) is 6.07. The minimum Gasteiger partial charge on any atom is -0.492 e. The van der Waals surface area contributed by atoms with E-state index in [4.69, 9.17) is 16.2 Å². The molecule has 20 heavy (non-hydrogen) atoms. The van der Waals surface area contributed by atoms with Gasteiger partial charge in [-0.3, -0.25) is 9.59 Å². The molecule has 1 aromatic rings. The fraction of sp³-hybridized carbons (Fsp3) is 0.385. The summed E-state index contributed by atoms with van der Waals surface area (Å²) in [6.45, 7) is 0.528. The van der Waals surface area contributed by atoms with Gasteiger partial charge in [-0.2, -0.15) is 0 Å². The molecule has 7 heteroatoms. The first-order chi connectivity index (χ1) is 9.40. The number of nitrogens with zero attached hydrogens (tertiary/aromatic N) is 1. The molecule has 4 N–H and O–H groups in total. The molecule has 1 aromatic carbocycles. The van der Waals surface area contributed by atoms with Gasteiger partial charge in [-0.05, 0) is 24.3 Å². The molecular formula is C13H18FN3O3. The molecule has 0 bridgehead atoms. The van der Waals surface area contributed by atoms with Crippen molar-refractivity contribution in [1.29, 1.82) is 0 Å². The summed E-state index contributed by atoms with van der Waals surface area (Å²) in [5.74, 6) is -0.843. The van der Waals surface area contributed by atoms with E-state index in [1.54, 1.807) is 7.05 Å². The van der Waals surface area contributed by atoms with Crippen LogP contribution in [0, 0.1) is 5.82 Å². The average Bonchev–Trinajstić information content (AvgIpc) is 2.39. The van der Waals surface area contributed by atoms with E-state index in [2.05, 4.69) is 0 Å². The molecule has 1 unspecified atom stereocenters. The van der Waals surface area contributed by atoms with E-state index in [0.717, 1.165) is 0 Å². The molecule has 0 spiro atoms. The fourth-order valence-corrected chi connectivity index (χ4v) is 1.53. The Labute approximate surface area is 116 Å². The zero-order valence-corrected chi connectivity index (χ0v) is 11.2. The van der Waals surface area contributed by atoms with E-state index in [9.17, 15) is 14.0 Å². The van der Waals surface area contributed by atoms with Crippen molar-refractivity contribution in [2.45, 2.75) is 12.5 Å². The van der Waals surface area contributed by atoms with Crippen LogP contribution in [0.15, 0.2) is 24.3 Å². The highest BCUT2D eigenvalue weighted by Gasteiger charge is 2.19. The van der Waals surface area contributed by atoms with Gasteiger partial charge in [0.15, 0.2) is 0 Å². The minimum absolute atomic E-state index is 0.192. The Hall–Kier alpha value is -2.15. The molecule has 0 heterocycles. The molecule has 0 aliphatic rings. The summed E-state index contributed by atoms with van der Waals surface area (Å²) in [4.78, 5) is 23.8. The third-order valence-corrected chi connectivity index (χ3v) is 2.62. The highest BCUT2D eigenvalue weighted by Crippen LogP contribution is 2.10. The monoisotopic (exact) mass is 283 g/mol. The van der Waals surface area contributed by atoms with Gasteiger partial charge in [-0.1, -0.05) is 0 Å². The maximum Gasteiger partial charge on any atom is 0.239 e. The fourth-order valence-electron chi connectivity index (χ4n) is 1.53. The van der Waals surface area contributed by atoms with Crippen LogP contribution in [-0.4, -0.2) is 43.0 Å². The van der Waals surface area contributed by atoms with Crippen LogP contribution in [0.5, 0.6) is 5.75 Å². The summed E-state index contributed by atoms with van der Waals surface area (Å²) in [5.41, 5.74) is 10.5. The van der Waals surface area contributed by atoms with E-state index in [1.165, 1.54) is 29.2 Å². The standard InChI is InChI=1S/C13H18FN3O3/c1-17(13(19)11(15)8-12(16)18)6-7-20-10-4-2-9(14)3-5-10/h2-5,11H,6-8,15H2,1H3,(H2,16,18). The lowest BCUT2D eigenvalue weighted by Gasteiger charge is -2.20. The van der Waals surface area contributed by atoms with E-state index < -0.39 is 11.9 Å². The van der Waals surface area contributed by atoms with Crippen molar-refractivity contribution in [3.8, 4) is 5.75 Å². The van der Waals surface area contributed by atoms with Crippen LogP contribution in [0.1, 0.15) is 6.42 Å². The molecule has 6 nitrogen and oxygen atoms in total. The number of nitrogens with two attached hydrogens (primary N) is 2. The molecule has 0 fully saturated rings. The topological polar surface area (TPSA) is 98.7 Å². The van der Waals surface area contributed by atoms with Crippen LogP contribution in [0.3, 0.4) is 0 Å². The van der Waals surface area contributed by atoms with Crippen molar-refractivity contribution in [2.75, 3.05) is 20.2 Å². The summed E-state index contributed by atoms with van der Waals surface area (Å²) in [5, 5.41) is 0. The van der Waals surface area contributed by atoms with Gasteiger partial charge in [-0.25, -0.2) is 4.39 Å². The quantitative estimate of drug-likeness (QED) is 0.728. The van der Waals surface area contributed by atoms with Gasteiger partial charge < -0.3 is 21.1 Å². The van der Waals surface area contributed by atoms with Gasteiger partial charge in [0.2, 0.25) is 11.8 Å². The third kappa shape index (κ3) is 5.23. The maximum absolute atomic E-state index is 12.7. The largest absolute Gasteiger partial charge is 0.492 e. The second-order valence-electron chi connectivity index (χ2n) is 4.34. The van der Waals surface area contributed by atoms with E-state index in [0.29, 0.717) is 12.3 Å². The van der Waals surface area contributed by atoms with Gasteiger partial charge in [0.25, 0.3) is 0 Å². The number of rotatable bonds is 7. The minimum atomic E-state index is -0.941. The van der Waals surface area contributed by atoms with Gasteiger partial charge in [0.05, 0.1) is 19.0 Å². The maximum atomic E-state index is 12.7. The highest BCUT2D eigenvalue weighted by atomic mass is 19.1. The van der Waals surface area contributed by atoms with Gasteiger partial charge in [0.1, 0.15) is 18.2 Å². The van der Waals surface area contributed by atoms with Gasteiger partial charge in [-0.15, -0.1) is 0 Å². The number of amides is 2. The van der Waals surface area contributed by atoms with Crippen molar-refractivity contribution in [2.24, 2.45) is 11.5 Å². The van der Waals surface area contributed by atoms with Crippen LogP contribution in [-0.2, 0) is 9.59 Å². The molecule has 2 amide bonds. The summed E-state index contributed by atoms with van der Waals surface area (Å²) in [7, 11) is 1.55. The Bertz CT molecular complexity index is 464. The Morgan fingerprint density at radius 1 is 1.35 bits per heavy atom. The number of hydrogen-bond donors (Lipinski definition) is 2. The zero-order chi connectivity index (χ0) is 15.1. The van der Waals surface area contributed by atoms with E-state index in [1.807, 2.05) is 0 Å². The number of primary amides is 1. The molecule has 1 atom stereocenters. The Morgan fingerprint density at radius 3 is 2.50 bits per heavy atom. The van der Waals surface area contributed by atoms with E-state index in [-0.39, 0.29) is 24.8 Å². The Balaban J connectivity index is 2.35. The molecule has 0 radical (unpaired) electrons. The average molecular weight is 283 g/mol. The summed E-state index contributed by atoms with van der Waals surface area (Å²) in [6.07, 6.45) is -0.192. The van der Waals surface area contributed by atoms with Crippen molar-refractivity contribution < 1.29 is 18.7 Å². The number of likely N-dealkylation sites (N-methyl/N-ethyl adjacent to an activating group) is 1. The van der Waals surface area contributed by atoms with Crippen molar-refractivity contribution in [3.63, 3.8) is 0 Å². The first kappa shape index (κ1) is 15.9. The summed E-state index contributed by atoms with van der Waals surface area (Å²) >= 11 is 0.